The maximum absolute atomic E-state index is 12.3. The van der Waals surface area contributed by atoms with Crippen molar-refractivity contribution >= 4 is 12.0 Å². The Balaban J connectivity index is 1.91. The standard InChI is InChI=1S/C16H22N2O3/c1-12-5-7-13(8-6-12)11-17-16(21)18-9-3-2-4-14(18)10-15(19)20/h5-8,14H,2-4,9-11H2,1H3,(H,17,21)(H,19,20). The van der Waals surface area contributed by atoms with E-state index in [1.165, 1.54) is 5.56 Å². The molecule has 0 saturated carbocycles. The summed E-state index contributed by atoms with van der Waals surface area (Å²) in [5, 5.41) is 11.8. The second-order valence-corrected chi connectivity index (χ2v) is 5.59. The lowest BCUT2D eigenvalue weighted by atomic mass is 10.00. The number of carbonyl (C=O) groups is 2. The molecule has 2 rings (SSSR count). The number of aryl methyl sites for hydroxylation is 1. The number of carboxylic acids is 1. The van der Waals surface area contributed by atoms with E-state index in [2.05, 4.69) is 5.32 Å². The zero-order valence-corrected chi connectivity index (χ0v) is 12.3. The van der Waals surface area contributed by atoms with Crippen LogP contribution in [-0.4, -0.2) is 34.6 Å². The third-order valence-electron chi connectivity index (χ3n) is 3.86. The van der Waals surface area contributed by atoms with Crippen LogP contribution in [0.25, 0.3) is 0 Å². The molecule has 2 amide bonds. The van der Waals surface area contributed by atoms with E-state index in [1.807, 2.05) is 31.2 Å². The molecule has 1 unspecified atom stereocenters. The predicted molar refractivity (Wildman–Crippen MR) is 80.0 cm³/mol. The van der Waals surface area contributed by atoms with Gasteiger partial charge in [0.1, 0.15) is 0 Å². The third-order valence-corrected chi connectivity index (χ3v) is 3.86. The van der Waals surface area contributed by atoms with Crippen LogP contribution >= 0.6 is 0 Å². The Morgan fingerprint density at radius 1 is 1.29 bits per heavy atom. The highest BCUT2D eigenvalue weighted by atomic mass is 16.4. The van der Waals surface area contributed by atoms with Crippen molar-refractivity contribution in [3.05, 3.63) is 35.4 Å². The minimum Gasteiger partial charge on any atom is -0.481 e. The highest BCUT2D eigenvalue weighted by Crippen LogP contribution is 2.19. The molecule has 1 aromatic rings. The lowest BCUT2D eigenvalue weighted by molar-refractivity contribution is -0.138. The van der Waals surface area contributed by atoms with Gasteiger partial charge in [0, 0.05) is 19.1 Å². The molecule has 0 radical (unpaired) electrons. The van der Waals surface area contributed by atoms with Gasteiger partial charge in [-0.15, -0.1) is 0 Å². The fourth-order valence-electron chi connectivity index (χ4n) is 2.67. The topological polar surface area (TPSA) is 69.6 Å². The van der Waals surface area contributed by atoms with Gasteiger partial charge in [0.25, 0.3) is 0 Å². The molecule has 0 spiro atoms. The van der Waals surface area contributed by atoms with Gasteiger partial charge in [-0.1, -0.05) is 29.8 Å². The summed E-state index contributed by atoms with van der Waals surface area (Å²) >= 11 is 0. The van der Waals surface area contributed by atoms with Crippen molar-refractivity contribution in [2.24, 2.45) is 0 Å². The van der Waals surface area contributed by atoms with Gasteiger partial charge in [0.05, 0.1) is 6.42 Å². The number of nitrogens with zero attached hydrogens (tertiary/aromatic N) is 1. The number of nitrogens with one attached hydrogen (secondary N) is 1. The molecule has 1 aliphatic rings. The van der Waals surface area contributed by atoms with Crippen LogP contribution in [0.15, 0.2) is 24.3 Å². The molecule has 1 atom stereocenters. The molecule has 5 nitrogen and oxygen atoms in total. The van der Waals surface area contributed by atoms with Gasteiger partial charge < -0.3 is 15.3 Å². The summed E-state index contributed by atoms with van der Waals surface area (Å²) < 4.78 is 0. The number of carbonyl (C=O) groups excluding carboxylic acids is 1. The summed E-state index contributed by atoms with van der Waals surface area (Å²) in [5.74, 6) is -0.849. The number of carboxylic acid groups (broad SMARTS) is 1. The minimum absolute atomic E-state index is 0.0257. The predicted octanol–water partition coefficient (Wildman–Crippen LogP) is 2.53. The minimum atomic E-state index is -0.849. The molecule has 1 fully saturated rings. The van der Waals surface area contributed by atoms with E-state index in [4.69, 9.17) is 5.11 Å². The number of hydrogen-bond acceptors (Lipinski definition) is 2. The molecule has 21 heavy (non-hydrogen) atoms. The first-order valence-electron chi connectivity index (χ1n) is 7.38. The fourth-order valence-corrected chi connectivity index (χ4v) is 2.67. The van der Waals surface area contributed by atoms with Crippen LogP contribution < -0.4 is 5.32 Å². The normalized spacial score (nSPS) is 18.3. The number of rotatable bonds is 4. The molecule has 114 valence electrons. The molecule has 1 saturated heterocycles. The second-order valence-electron chi connectivity index (χ2n) is 5.59. The molecule has 0 aliphatic carbocycles. The molecular weight excluding hydrogens is 268 g/mol. The van der Waals surface area contributed by atoms with E-state index < -0.39 is 5.97 Å². The monoisotopic (exact) mass is 290 g/mol. The van der Waals surface area contributed by atoms with Gasteiger partial charge in [-0.25, -0.2) is 4.79 Å². The van der Waals surface area contributed by atoms with Crippen LogP contribution in [0.2, 0.25) is 0 Å². The Labute approximate surface area is 125 Å². The smallest absolute Gasteiger partial charge is 0.317 e. The summed E-state index contributed by atoms with van der Waals surface area (Å²) in [6.07, 6.45) is 2.72. The van der Waals surface area contributed by atoms with Crippen molar-refractivity contribution in [3.63, 3.8) is 0 Å². The highest BCUT2D eigenvalue weighted by molar-refractivity contribution is 5.76. The molecule has 5 heteroatoms. The van der Waals surface area contributed by atoms with Crippen molar-refractivity contribution in [1.82, 2.24) is 10.2 Å². The van der Waals surface area contributed by atoms with E-state index in [9.17, 15) is 9.59 Å². The van der Waals surface area contributed by atoms with Gasteiger partial charge in [0.15, 0.2) is 0 Å². The van der Waals surface area contributed by atoms with Crippen LogP contribution in [-0.2, 0) is 11.3 Å². The van der Waals surface area contributed by atoms with E-state index in [0.29, 0.717) is 13.1 Å². The quantitative estimate of drug-likeness (QED) is 0.895. The number of amides is 2. The molecular formula is C16H22N2O3. The average molecular weight is 290 g/mol. The summed E-state index contributed by atoms with van der Waals surface area (Å²) in [5.41, 5.74) is 2.23. The number of aliphatic carboxylic acids is 1. The Bertz CT molecular complexity index is 499. The maximum Gasteiger partial charge on any atom is 0.317 e. The van der Waals surface area contributed by atoms with Crippen LogP contribution in [0.1, 0.15) is 36.8 Å². The molecule has 0 aromatic heterocycles. The molecule has 0 bridgehead atoms. The average Bonchev–Trinajstić information content (AvgIpc) is 2.46. The summed E-state index contributed by atoms with van der Waals surface area (Å²) in [7, 11) is 0. The lowest BCUT2D eigenvalue weighted by Gasteiger charge is -2.34. The third kappa shape index (κ3) is 4.48. The maximum atomic E-state index is 12.3. The van der Waals surface area contributed by atoms with E-state index in [-0.39, 0.29) is 18.5 Å². The van der Waals surface area contributed by atoms with Crippen LogP contribution in [0.3, 0.4) is 0 Å². The van der Waals surface area contributed by atoms with Gasteiger partial charge in [-0.3, -0.25) is 4.79 Å². The van der Waals surface area contributed by atoms with Crippen LogP contribution in [0.5, 0.6) is 0 Å². The molecule has 2 N–H and O–H groups in total. The highest BCUT2D eigenvalue weighted by Gasteiger charge is 2.28. The lowest BCUT2D eigenvalue weighted by Crippen LogP contribution is -2.49. The van der Waals surface area contributed by atoms with Crippen molar-refractivity contribution in [2.75, 3.05) is 6.54 Å². The number of hydrogen-bond donors (Lipinski definition) is 2. The van der Waals surface area contributed by atoms with Crippen LogP contribution in [0, 0.1) is 6.92 Å². The van der Waals surface area contributed by atoms with Crippen molar-refractivity contribution < 1.29 is 14.7 Å². The first kappa shape index (κ1) is 15.4. The number of urea groups is 1. The summed E-state index contributed by atoms with van der Waals surface area (Å²) in [4.78, 5) is 24.8. The van der Waals surface area contributed by atoms with E-state index in [0.717, 1.165) is 24.8 Å². The SMILES string of the molecule is Cc1ccc(CNC(=O)N2CCCCC2CC(=O)O)cc1. The van der Waals surface area contributed by atoms with E-state index in [1.54, 1.807) is 4.90 Å². The zero-order chi connectivity index (χ0) is 15.2. The Hall–Kier alpha value is -2.04. The molecule has 1 aromatic carbocycles. The van der Waals surface area contributed by atoms with E-state index >= 15 is 0 Å². The van der Waals surface area contributed by atoms with Gasteiger partial charge >= 0.3 is 12.0 Å². The van der Waals surface area contributed by atoms with Gasteiger partial charge in [-0.2, -0.15) is 0 Å². The van der Waals surface area contributed by atoms with Crippen LogP contribution in [0.4, 0.5) is 4.79 Å². The zero-order valence-electron chi connectivity index (χ0n) is 12.3. The Kier molecular flexibility index (Phi) is 5.20. The van der Waals surface area contributed by atoms with Gasteiger partial charge in [0.2, 0.25) is 0 Å². The molecule has 1 aliphatic heterocycles. The number of likely N-dealkylation sites (tertiary alicyclic amines) is 1. The Morgan fingerprint density at radius 3 is 2.67 bits per heavy atom. The molecule has 1 heterocycles. The van der Waals surface area contributed by atoms with Crippen molar-refractivity contribution in [3.8, 4) is 0 Å². The number of piperidine rings is 1. The largest absolute Gasteiger partial charge is 0.481 e. The Morgan fingerprint density at radius 2 is 2.00 bits per heavy atom. The second kappa shape index (κ2) is 7.11. The fraction of sp³-hybridized carbons (Fsp3) is 0.500. The first-order valence-corrected chi connectivity index (χ1v) is 7.38. The van der Waals surface area contributed by atoms with Gasteiger partial charge in [-0.05, 0) is 31.7 Å². The van der Waals surface area contributed by atoms with Crippen molar-refractivity contribution in [2.45, 2.75) is 45.2 Å². The number of benzene rings is 1. The first-order chi connectivity index (χ1) is 10.1. The van der Waals surface area contributed by atoms with Crippen molar-refractivity contribution in [1.29, 1.82) is 0 Å². The summed E-state index contributed by atoms with van der Waals surface area (Å²) in [6, 6.07) is 7.64. The summed E-state index contributed by atoms with van der Waals surface area (Å²) in [6.45, 7) is 3.12.